The molecule has 0 bridgehead atoms. The van der Waals surface area contributed by atoms with Gasteiger partial charge in [0.2, 0.25) is 11.8 Å². The molecule has 7 nitrogen and oxygen atoms in total. The van der Waals surface area contributed by atoms with Crippen LogP contribution in [0.5, 0.6) is 0 Å². The minimum absolute atomic E-state index is 0.0808. The molecule has 8 heteroatoms. The Morgan fingerprint density at radius 1 is 1.06 bits per heavy atom. The summed E-state index contributed by atoms with van der Waals surface area (Å²) in [6.07, 6.45) is 1.70. The second-order valence-corrected chi connectivity index (χ2v) is 8.85. The van der Waals surface area contributed by atoms with Crippen molar-refractivity contribution in [2.24, 2.45) is 11.0 Å². The van der Waals surface area contributed by atoms with Gasteiger partial charge in [-0.25, -0.2) is 9.40 Å². The quantitative estimate of drug-likeness (QED) is 0.713. The number of nitrogens with one attached hydrogen (secondary N) is 1. The minimum Gasteiger partial charge on any atom is -0.352 e. The fraction of sp³-hybridized carbons (Fsp3) is 0.385. The van der Waals surface area contributed by atoms with Crippen LogP contribution in [-0.2, 0) is 27.5 Å². The summed E-state index contributed by atoms with van der Waals surface area (Å²) in [6.45, 7) is 3.23. The van der Waals surface area contributed by atoms with Gasteiger partial charge in [0.15, 0.2) is 0 Å². The Morgan fingerprint density at radius 2 is 1.79 bits per heavy atom. The van der Waals surface area contributed by atoms with E-state index < -0.39 is 0 Å². The van der Waals surface area contributed by atoms with Crippen LogP contribution in [0.25, 0.3) is 0 Å². The zero-order valence-electron chi connectivity index (χ0n) is 19.3. The molecule has 0 spiro atoms. The monoisotopic (exact) mass is 464 g/mol. The lowest BCUT2D eigenvalue weighted by Crippen LogP contribution is -2.46. The SMILES string of the molecule is Cc1ccc(CNC(=O)C2CCN(C(=O)C3=NN(Cc4ccccc4)C(=O)CC3)CC2)cc1F. The third-order valence-electron chi connectivity index (χ3n) is 6.38. The van der Waals surface area contributed by atoms with Crippen molar-refractivity contribution in [2.75, 3.05) is 13.1 Å². The largest absolute Gasteiger partial charge is 0.352 e. The molecule has 0 aromatic heterocycles. The third kappa shape index (κ3) is 5.68. The zero-order chi connectivity index (χ0) is 24.1. The van der Waals surface area contributed by atoms with Crippen molar-refractivity contribution in [3.63, 3.8) is 0 Å². The average molecular weight is 465 g/mol. The molecule has 2 aromatic rings. The van der Waals surface area contributed by atoms with Crippen molar-refractivity contribution in [2.45, 2.75) is 45.7 Å². The molecule has 3 amide bonds. The van der Waals surface area contributed by atoms with Crippen molar-refractivity contribution in [3.05, 3.63) is 71.0 Å². The number of aryl methyl sites for hydroxylation is 1. The van der Waals surface area contributed by atoms with E-state index in [0.717, 1.165) is 5.56 Å². The van der Waals surface area contributed by atoms with Crippen LogP contribution in [0.4, 0.5) is 4.39 Å². The van der Waals surface area contributed by atoms with Gasteiger partial charge < -0.3 is 10.2 Å². The molecule has 4 rings (SSSR count). The third-order valence-corrected chi connectivity index (χ3v) is 6.38. The second kappa shape index (κ2) is 10.6. The Balaban J connectivity index is 1.29. The average Bonchev–Trinajstić information content (AvgIpc) is 2.86. The van der Waals surface area contributed by atoms with Gasteiger partial charge >= 0.3 is 0 Å². The number of piperidine rings is 1. The van der Waals surface area contributed by atoms with E-state index in [1.807, 2.05) is 30.3 Å². The van der Waals surface area contributed by atoms with Gasteiger partial charge in [-0.3, -0.25) is 14.4 Å². The van der Waals surface area contributed by atoms with Crippen LogP contribution in [0.15, 0.2) is 53.6 Å². The first-order valence-corrected chi connectivity index (χ1v) is 11.6. The molecule has 1 N–H and O–H groups in total. The fourth-order valence-corrected chi connectivity index (χ4v) is 4.24. The van der Waals surface area contributed by atoms with Crippen LogP contribution in [0.1, 0.15) is 42.4 Å². The minimum atomic E-state index is -0.284. The summed E-state index contributed by atoms with van der Waals surface area (Å²) >= 11 is 0. The highest BCUT2D eigenvalue weighted by Gasteiger charge is 2.31. The molecule has 0 aliphatic carbocycles. The molecular weight excluding hydrogens is 435 g/mol. The number of hydrogen-bond donors (Lipinski definition) is 1. The van der Waals surface area contributed by atoms with E-state index >= 15 is 0 Å². The summed E-state index contributed by atoms with van der Waals surface area (Å²) in [5.41, 5.74) is 2.63. The number of nitrogens with zero attached hydrogens (tertiary/aromatic N) is 3. The summed E-state index contributed by atoms with van der Waals surface area (Å²) in [5, 5.41) is 8.62. The smallest absolute Gasteiger partial charge is 0.270 e. The van der Waals surface area contributed by atoms with Gasteiger partial charge in [-0.1, -0.05) is 42.5 Å². The topological polar surface area (TPSA) is 82.1 Å². The van der Waals surface area contributed by atoms with Crippen molar-refractivity contribution in [1.29, 1.82) is 0 Å². The normalized spacial score (nSPS) is 16.9. The molecule has 2 aliphatic rings. The molecule has 0 atom stereocenters. The number of halogens is 1. The summed E-state index contributed by atoms with van der Waals surface area (Å²) in [5.74, 6) is -0.816. The number of rotatable bonds is 6. The van der Waals surface area contributed by atoms with Gasteiger partial charge in [-0.2, -0.15) is 5.10 Å². The molecule has 1 fully saturated rings. The molecule has 1 saturated heterocycles. The van der Waals surface area contributed by atoms with Gasteiger partial charge in [0.25, 0.3) is 5.91 Å². The van der Waals surface area contributed by atoms with E-state index in [-0.39, 0.29) is 42.4 Å². The van der Waals surface area contributed by atoms with Gasteiger partial charge in [0.05, 0.1) is 6.54 Å². The first-order chi connectivity index (χ1) is 16.4. The first-order valence-electron chi connectivity index (χ1n) is 11.6. The van der Waals surface area contributed by atoms with Crippen molar-refractivity contribution in [3.8, 4) is 0 Å². The molecular formula is C26H29FN4O3. The number of carbonyl (C=O) groups is 3. The summed E-state index contributed by atoms with van der Waals surface area (Å²) < 4.78 is 13.7. The number of hydrazone groups is 1. The predicted octanol–water partition coefficient (Wildman–Crippen LogP) is 3.17. The Morgan fingerprint density at radius 3 is 2.50 bits per heavy atom. The van der Waals surface area contributed by atoms with Crippen LogP contribution in [0, 0.1) is 18.7 Å². The van der Waals surface area contributed by atoms with E-state index in [0.29, 0.717) is 55.7 Å². The molecule has 0 radical (unpaired) electrons. The Hall–Kier alpha value is -3.55. The van der Waals surface area contributed by atoms with E-state index in [1.165, 1.54) is 11.1 Å². The number of benzene rings is 2. The molecule has 2 aliphatic heterocycles. The molecule has 178 valence electrons. The Kier molecular flexibility index (Phi) is 7.35. The lowest BCUT2D eigenvalue weighted by atomic mass is 9.95. The maximum absolute atomic E-state index is 13.7. The molecule has 0 saturated carbocycles. The summed E-state index contributed by atoms with van der Waals surface area (Å²) in [7, 11) is 0. The standard InChI is InChI=1S/C26H29FN4O3/c1-18-7-8-20(15-22(18)27)16-28-25(33)21-11-13-30(14-12-21)26(34)23-9-10-24(32)31(29-23)17-19-5-3-2-4-6-19/h2-8,15,21H,9-14,16-17H2,1H3,(H,28,33). The van der Waals surface area contributed by atoms with E-state index in [1.54, 1.807) is 24.0 Å². The van der Waals surface area contributed by atoms with E-state index in [2.05, 4.69) is 10.4 Å². The van der Waals surface area contributed by atoms with Crippen LogP contribution in [-0.4, -0.2) is 46.4 Å². The van der Waals surface area contributed by atoms with Crippen LogP contribution in [0.2, 0.25) is 0 Å². The van der Waals surface area contributed by atoms with Gasteiger partial charge in [0, 0.05) is 38.4 Å². The van der Waals surface area contributed by atoms with Crippen LogP contribution in [0.3, 0.4) is 0 Å². The highest BCUT2D eigenvalue weighted by atomic mass is 19.1. The highest BCUT2D eigenvalue weighted by Crippen LogP contribution is 2.21. The van der Waals surface area contributed by atoms with Crippen LogP contribution < -0.4 is 5.32 Å². The van der Waals surface area contributed by atoms with Crippen molar-refractivity contribution >= 4 is 23.4 Å². The van der Waals surface area contributed by atoms with Gasteiger partial charge in [0.1, 0.15) is 11.5 Å². The van der Waals surface area contributed by atoms with Gasteiger partial charge in [-0.15, -0.1) is 0 Å². The Labute approximate surface area is 198 Å². The van der Waals surface area contributed by atoms with E-state index in [9.17, 15) is 18.8 Å². The lowest BCUT2D eigenvalue weighted by Gasteiger charge is -2.32. The van der Waals surface area contributed by atoms with Crippen molar-refractivity contribution in [1.82, 2.24) is 15.2 Å². The molecule has 2 aromatic carbocycles. The molecule has 0 unspecified atom stereocenters. The Bertz CT molecular complexity index is 1090. The number of carbonyl (C=O) groups excluding carboxylic acids is 3. The van der Waals surface area contributed by atoms with Gasteiger partial charge in [-0.05, 0) is 42.5 Å². The number of amides is 3. The second-order valence-electron chi connectivity index (χ2n) is 8.85. The summed E-state index contributed by atoms with van der Waals surface area (Å²) in [6, 6.07) is 14.5. The highest BCUT2D eigenvalue weighted by molar-refractivity contribution is 6.39. The first kappa shape index (κ1) is 23.6. The van der Waals surface area contributed by atoms with E-state index in [4.69, 9.17) is 0 Å². The lowest BCUT2D eigenvalue weighted by molar-refractivity contribution is -0.133. The number of hydrogen-bond acceptors (Lipinski definition) is 4. The predicted molar refractivity (Wildman–Crippen MR) is 126 cm³/mol. The fourth-order valence-electron chi connectivity index (χ4n) is 4.24. The molecule has 34 heavy (non-hydrogen) atoms. The van der Waals surface area contributed by atoms with Crippen LogP contribution >= 0.6 is 0 Å². The van der Waals surface area contributed by atoms with Crippen molar-refractivity contribution < 1.29 is 18.8 Å². The summed E-state index contributed by atoms with van der Waals surface area (Å²) in [4.78, 5) is 39.6. The molecule has 2 heterocycles. The number of likely N-dealkylation sites (tertiary alicyclic amines) is 1. The maximum atomic E-state index is 13.7. The maximum Gasteiger partial charge on any atom is 0.270 e. The zero-order valence-corrected chi connectivity index (χ0v) is 19.3.